The van der Waals surface area contributed by atoms with E-state index in [2.05, 4.69) is 21.8 Å². The van der Waals surface area contributed by atoms with Gasteiger partial charge in [-0.2, -0.15) is 5.10 Å². The van der Waals surface area contributed by atoms with Crippen LogP contribution in [0.15, 0.2) is 11.2 Å². The number of sulfonamides is 1. The summed E-state index contributed by atoms with van der Waals surface area (Å²) in [5.41, 5.74) is 6.05. The van der Waals surface area contributed by atoms with Crippen LogP contribution >= 0.6 is 0 Å². The summed E-state index contributed by atoms with van der Waals surface area (Å²) in [5.74, 6) is 0.757. The standard InChI is InChI=1S/C13H24N4O2S/c1-2-3-10-4-6-12(7-5-10)17-20(18,19)13-11(8-14)9-15-16-13/h9-10,12,17H,2-8,14H2,1H3,(H,15,16). The molecule has 1 aromatic heterocycles. The van der Waals surface area contributed by atoms with E-state index in [0.717, 1.165) is 31.6 Å². The molecule has 1 aromatic rings. The summed E-state index contributed by atoms with van der Waals surface area (Å²) >= 11 is 0. The molecule has 0 radical (unpaired) electrons. The number of nitrogens with zero attached hydrogens (tertiary/aromatic N) is 1. The Bertz CT molecular complexity index is 518. The molecule has 114 valence electrons. The Hall–Kier alpha value is -0.920. The Balaban J connectivity index is 1.97. The minimum atomic E-state index is -3.54. The van der Waals surface area contributed by atoms with Crippen molar-refractivity contribution in [2.45, 2.75) is 63.1 Å². The summed E-state index contributed by atoms with van der Waals surface area (Å²) in [6.07, 6.45) is 7.95. The Morgan fingerprint density at radius 3 is 2.70 bits per heavy atom. The first kappa shape index (κ1) is 15.5. The molecule has 0 unspecified atom stereocenters. The van der Waals surface area contributed by atoms with Crippen LogP contribution in [-0.4, -0.2) is 24.7 Å². The molecule has 0 aromatic carbocycles. The maximum atomic E-state index is 12.3. The fourth-order valence-electron chi connectivity index (χ4n) is 2.93. The molecule has 4 N–H and O–H groups in total. The third-order valence-electron chi connectivity index (χ3n) is 4.03. The van der Waals surface area contributed by atoms with Gasteiger partial charge in [0.05, 0.1) is 6.20 Å². The Morgan fingerprint density at radius 1 is 1.40 bits per heavy atom. The van der Waals surface area contributed by atoms with E-state index in [-0.39, 0.29) is 17.6 Å². The molecule has 0 saturated heterocycles. The number of H-pyrrole nitrogens is 1. The second-order valence-corrected chi connectivity index (χ2v) is 7.21. The van der Waals surface area contributed by atoms with Gasteiger partial charge in [-0.3, -0.25) is 5.10 Å². The molecule has 20 heavy (non-hydrogen) atoms. The lowest BCUT2D eigenvalue weighted by Gasteiger charge is -2.28. The molecule has 6 nitrogen and oxygen atoms in total. The van der Waals surface area contributed by atoms with E-state index >= 15 is 0 Å². The van der Waals surface area contributed by atoms with Crippen molar-refractivity contribution in [1.82, 2.24) is 14.9 Å². The molecule has 1 saturated carbocycles. The highest BCUT2D eigenvalue weighted by molar-refractivity contribution is 7.89. The molecule has 7 heteroatoms. The molecule has 0 amide bonds. The fourth-order valence-corrected chi connectivity index (χ4v) is 4.38. The van der Waals surface area contributed by atoms with Crippen molar-refractivity contribution in [3.05, 3.63) is 11.8 Å². The largest absolute Gasteiger partial charge is 0.326 e. The van der Waals surface area contributed by atoms with Crippen LogP contribution in [0, 0.1) is 5.92 Å². The lowest BCUT2D eigenvalue weighted by Crippen LogP contribution is -2.38. The van der Waals surface area contributed by atoms with Gasteiger partial charge in [-0.15, -0.1) is 0 Å². The smallest absolute Gasteiger partial charge is 0.258 e. The molecule has 1 aliphatic rings. The van der Waals surface area contributed by atoms with E-state index in [0.29, 0.717) is 5.56 Å². The van der Waals surface area contributed by atoms with Gasteiger partial charge < -0.3 is 5.73 Å². The monoisotopic (exact) mass is 300 g/mol. The number of nitrogens with one attached hydrogen (secondary N) is 2. The summed E-state index contributed by atoms with van der Waals surface area (Å²) < 4.78 is 27.4. The first-order chi connectivity index (χ1) is 9.56. The molecular formula is C13H24N4O2S. The van der Waals surface area contributed by atoms with Crippen molar-refractivity contribution in [1.29, 1.82) is 0 Å². The average Bonchev–Trinajstić information content (AvgIpc) is 2.90. The number of aromatic amines is 1. The Kier molecular flexibility index (Phi) is 5.17. The van der Waals surface area contributed by atoms with Gasteiger partial charge in [-0.05, 0) is 31.6 Å². The third kappa shape index (κ3) is 3.59. The highest BCUT2D eigenvalue weighted by Crippen LogP contribution is 2.28. The summed E-state index contributed by atoms with van der Waals surface area (Å²) in [5, 5.41) is 6.41. The minimum absolute atomic E-state index is 0.0297. The van der Waals surface area contributed by atoms with Gasteiger partial charge in [-0.1, -0.05) is 19.8 Å². The lowest BCUT2D eigenvalue weighted by atomic mass is 9.84. The summed E-state index contributed by atoms with van der Waals surface area (Å²) in [6.45, 7) is 2.36. The van der Waals surface area contributed by atoms with E-state index in [1.165, 1.54) is 19.0 Å². The van der Waals surface area contributed by atoms with Gasteiger partial charge >= 0.3 is 0 Å². The maximum absolute atomic E-state index is 12.3. The number of hydrogen-bond donors (Lipinski definition) is 3. The second kappa shape index (κ2) is 6.69. The number of hydrogen-bond acceptors (Lipinski definition) is 4. The van der Waals surface area contributed by atoms with Crippen LogP contribution in [0.25, 0.3) is 0 Å². The SMILES string of the molecule is CCCC1CCC(NS(=O)(=O)c2[nH]ncc2CN)CC1. The van der Waals surface area contributed by atoms with Gasteiger partial charge in [0, 0.05) is 18.2 Å². The molecule has 2 rings (SSSR count). The van der Waals surface area contributed by atoms with Crippen LogP contribution in [0.1, 0.15) is 51.0 Å². The molecule has 1 aliphatic carbocycles. The highest BCUT2D eigenvalue weighted by atomic mass is 32.2. The number of nitrogens with two attached hydrogens (primary N) is 1. The van der Waals surface area contributed by atoms with Gasteiger partial charge in [0.1, 0.15) is 0 Å². The molecule has 1 fully saturated rings. The van der Waals surface area contributed by atoms with Crippen molar-refractivity contribution < 1.29 is 8.42 Å². The Labute approximate surface area is 120 Å². The highest BCUT2D eigenvalue weighted by Gasteiger charge is 2.27. The van der Waals surface area contributed by atoms with Gasteiger partial charge in [0.15, 0.2) is 5.03 Å². The van der Waals surface area contributed by atoms with E-state index in [9.17, 15) is 8.42 Å². The Morgan fingerprint density at radius 2 is 2.10 bits per heavy atom. The van der Waals surface area contributed by atoms with Gasteiger partial charge in [-0.25, -0.2) is 13.1 Å². The van der Waals surface area contributed by atoms with Crippen LogP contribution < -0.4 is 10.5 Å². The first-order valence-corrected chi connectivity index (χ1v) is 8.79. The molecule has 0 atom stereocenters. The third-order valence-corrected chi connectivity index (χ3v) is 5.57. The van der Waals surface area contributed by atoms with Crippen LogP contribution in [0.5, 0.6) is 0 Å². The topological polar surface area (TPSA) is 101 Å². The molecule has 0 aliphatic heterocycles. The van der Waals surface area contributed by atoms with Gasteiger partial charge in [0.2, 0.25) is 0 Å². The van der Waals surface area contributed by atoms with Crippen molar-refractivity contribution in [3.8, 4) is 0 Å². The molecule has 1 heterocycles. The van der Waals surface area contributed by atoms with E-state index < -0.39 is 10.0 Å². The summed E-state index contributed by atoms with van der Waals surface area (Å²) in [7, 11) is -3.54. The van der Waals surface area contributed by atoms with E-state index in [4.69, 9.17) is 5.73 Å². The second-order valence-electron chi connectivity index (χ2n) is 5.56. The molecular weight excluding hydrogens is 276 g/mol. The zero-order valence-corrected chi connectivity index (χ0v) is 12.7. The average molecular weight is 300 g/mol. The van der Waals surface area contributed by atoms with E-state index in [1.54, 1.807) is 0 Å². The summed E-state index contributed by atoms with van der Waals surface area (Å²) in [6, 6.07) is 0.0297. The van der Waals surface area contributed by atoms with E-state index in [1.807, 2.05) is 0 Å². The number of rotatable bonds is 6. The van der Waals surface area contributed by atoms with Crippen molar-refractivity contribution >= 4 is 10.0 Å². The predicted molar refractivity (Wildman–Crippen MR) is 77.5 cm³/mol. The first-order valence-electron chi connectivity index (χ1n) is 7.31. The van der Waals surface area contributed by atoms with Crippen LogP contribution in [-0.2, 0) is 16.6 Å². The van der Waals surface area contributed by atoms with Crippen LogP contribution in [0.4, 0.5) is 0 Å². The predicted octanol–water partition coefficient (Wildman–Crippen LogP) is 1.51. The normalized spacial score (nSPS) is 23.9. The zero-order chi connectivity index (χ0) is 14.6. The van der Waals surface area contributed by atoms with Crippen molar-refractivity contribution in [2.24, 2.45) is 11.7 Å². The maximum Gasteiger partial charge on any atom is 0.258 e. The number of aromatic nitrogens is 2. The summed E-state index contributed by atoms with van der Waals surface area (Å²) in [4.78, 5) is 0. The van der Waals surface area contributed by atoms with Crippen LogP contribution in [0.2, 0.25) is 0 Å². The van der Waals surface area contributed by atoms with Crippen molar-refractivity contribution in [2.75, 3.05) is 0 Å². The van der Waals surface area contributed by atoms with Crippen LogP contribution in [0.3, 0.4) is 0 Å². The fraction of sp³-hybridized carbons (Fsp3) is 0.769. The lowest BCUT2D eigenvalue weighted by molar-refractivity contribution is 0.297. The van der Waals surface area contributed by atoms with Crippen molar-refractivity contribution in [3.63, 3.8) is 0 Å². The van der Waals surface area contributed by atoms with Gasteiger partial charge in [0.25, 0.3) is 10.0 Å². The molecule has 0 spiro atoms. The quantitative estimate of drug-likeness (QED) is 0.741. The molecule has 0 bridgehead atoms. The zero-order valence-electron chi connectivity index (χ0n) is 11.9. The minimum Gasteiger partial charge on any atom is -0.326 e.